The molecular weight excluding hydrogens is 352 g/mol. The van der Waals surface area contributed by atoms with Crippen molar-refractivity contribution >= 4 is 22.4 Å². The molecule has 1 N–H and O–H groups in total. The summed E-state index contributed by atoms with van der Waals surface area (Å²) in [4.78, 5) is 16.3. The van der Waals surface area contributed by atoms with Gasteiger partial charge in [-0.15, -0.1) is 0 Å². The Hall–Kier alpha value is -4.05. The minimum Gasteiger partial charge on any atom is -0.268 e. The topological polar surface area (TPSA) is 100 Å². The number of hydrogen-bond donors (Lipinski definition) is 1. The van der Waals surface area contributed by atoms with Crippen molar-refractivity contribution in [3.8, 4) is 17.2 Å². The lowest BCUT2D eigenvalue weighted by Gasteiger charge is -2.06. The van der Waals surface area contributed by atoms with E-state index >= 15 is 0 Å². The molecule has 0 bridgehead atoms. The van der Waals surface area contributed by atoms with Crippen molar-refractivity contribution in [1.82, 2.24) is 25.0 Å². The van der Waals surface area contributed by atoms with E-state index in [1.807, 2.05) is 32.2 Å². The number of nitrogens with one attached hydrogen (secondary N) is 1. The number of aromatic amines is 1. The Morgan fingerprint density at radius 3 is 2.86 bits per heavy atom. The quantitative estimate of drug-likeness (QED) is 0.560. The standard InChI is InChI=1S/C21H16N6O/c1-13-17-9-14(6-7-16(17)21(28)26-25-13)18-12-24-27(2)20(18)10-15(11-22)19-5-3-4-8-23-19/h3-10,12H,1-2H3,(H,26,28). The van der Waals surface area contributed by atoms with Gasteiger partial charge in [0, 0.05) is 24.2 Å². The first-order chi connectivity index (χ1) is 13.6. The number of pyridine rings is 1. The molecule has 136 valence electrons. The Morgan fingerprint density at radius 2 is 2.11 bits per heavy atom. The summed E-state index contributed by atoms with van der Waals surface area (Å²) in [5, 5.41) is 21.9. The SMILES string of the molecule is Cc1n[nH]c(=O)c2ccc(-c3cnn(C)c3C=C(C#N)c3ccccn3)cc12. The van der Waals surface area contributed by atoms with E-state index in [1.54, 1.807) is 41.4 Å². The van der Waals surface area contributed by atoms with Gasteiger partial charge >= 0.3 is 0 Å². The first-order valence-electron chi connectivity index (χ1n) is 8.63. The molecule has 0 radical (unpaired) electrons. The Kier molecular flexibility index (Phi) is 4.30. The van der Waals surface area contributed by atoms with Gasteiger partial charge in [-0.2, -0.15) is 15.5 Å². The van der Waals surface area contributed by atoms with Gasteiger partial charge in [0.25, 0.3) is 5.56 Å². The average molecular weight is 368 g/mol. The molecule has 3 aromatic heterocycles. The van der Waals surface area contributed by atoms with Crippen LogP contribution in [0.4, 0.5) is 0 Å². The number of allylic oxidation sites excluding steroid dienone is 1. The maximum Gasteiger partial charge on any atom is 0.272 e. The molecular formula is C21H16N6O. The van der Waals surface area contributed by atoms with E-state index in [9.17, 15) is 10.1 Å². The number of rotatable bonds is 3. The zero-order chi connectivity index (χ0) is 19.7. The number of nitrogens with zero attached hydrogens (tertiary/aromatic N) is 5. The van der Waals surface area contributed by atoms with Crippen LogP contribution in [0.5, 0.6) is 0 Å². The van der Waals surface area contributed by atoms with Crippen molar-refractivity contribution in [3.63, 3.8) is 0 Å². The second-order valence-electron chi connectivity index (χ2n) is 6.35. The van der Waals surface area contributed by atoms with Gasteiger partial charge < -0.3 is 0 Å². The fourth-order valence-electron chi connectivity index (χ4n) is 3.13. The molecule has 4 aromatic rings. The van der Waals surface area contributed by atoms with E-state index in [0.29, 0.717) is 16.7 Å². The van der Waals surface area contributed by atoms with Crippen LogP contribution in [-0.2, 0) is 7.05 Å². The van der Waals surface area contributed by atoms with Crippen LogP contribution in [0.25, 0.3) is 33.5 Å². The van der Waals surface area contributed by atoms with Crippen molar-refractivity contribution in [2.45, 2.75) is 6.92 Å². The molecule has 0 saturated carbocycles. The highest BCUT2D eigenvalue weighted by atomic mass is 16.1. The third-order valence-corrected chi connectivity index (χ3v) is 4.62. The third-order valence-electron chi connectivity index (χ3n) is 4.62. The number of H-pyrrole nitrogens is 1. The van der Waals surface area contributed by atoms with Gasteiger partial charge in [-0.25, -0.2) is 5.10 Å². The second kappa shape index (κ2) is 6.93. The summed E-state index contributed by atoms with van der Waals surface area (Å²) in [6.45, 7) is 1.85. The molecule has 0 unspecified atom stereocenters. The van der Waals surface area contributed by atoms with E-state index in [1.165, 1.54) is 0 Å². The molecule has 1 aromatic carbocycles. The van der Waals surface area contributed by atoms with Gasteiger partial charge in [-0.1, -0.05) is 12.1 Å². The van der Waals surface area contributed by atoms with Crippen molar-refractivity contribution in [2.75, 3.05) is 0 Å². The van der Waals surface area contributed by atoms with Crippen LogP contribution >= 0.6 is 0 Å². The van der Waals surface area contributed by atoms with Crippen LogP contribution in [0.2, 0.25) is 0 Å². The van der Waals surface area contributed by atoms with Gasteiger partial charge in [0.2, 0.25) is 0 Å². The highest BCUT2D eigenvalue weighted by Gasteiger charge is 2.13. The molecule has 0 amide bonds. The van der Waals surface area contributed by atoms with Crippen LogP contribution in [0.3, 0.4) is 0 Å². The second-order valence-corrected chi connectivity index (χ2v) is 6.35. The Balaban J connectivity index is 1.89. The van der Waals surface area contributed by atoms with Crippen LogP contribution in [-0.4, -0.2) is 25.0 Å². The predicted molar refractivity (Wildman–Crippen MR) is 107 cm³/mol. The molecule has 0 atom stereocenters. The molecule has 0 aliphatic heterocycles. The summed E-state index contributed by atoms with van der Waals surface area (Å²) in [6, 6.07) is 13.2. The third kappa shape index (κ3) is 2.97. The van der Waals surface area contributed by atoms with E-state index < -0.39 is 0 Å². The summed E-state index contributed by atoms with van der Waals surface area (Å²) < 4.78 is 1.71. The molecule has 28 heavy (non-hydrogen) atoms. The predicted octanol–water partition coefficient (Wildman–Crippen LogP) is 3.09. The molecule has 0 aliphatic rings. The Morgan fingerprint density at radius 1 is 1.25 bits per heavy atom. The minimum atomic E-state index is -0.222. The van der Waals surface area contributed by atoms with Crippen LogP contribution in [0, 0.1) is 18.3 Å². The maximum atomic E-state index is 12.0. The fourth-order valence-corrected chi connectivity index (χ4v) is 3.13. The lowest BCUT2D eigenvalue weighted by atomic mass is 10.0. The number of benzene rings is 1. The summed E-state index contributed by atoms with van der Waals surface area (Å²) >= 11 is 0. The van der Waals surface area contributed by atoms with Gasteiger partial charge in [0.1, 0.15) is 6.07 Å². The monoisotopic (exact) mass is 368 g/mol. The van der Waals surface area contributed by atoms with E-state index in [-0.39, 0.29) is 5.56 Å². The van der Waals surface area contributed by atoms with Gasteiger partial charge in [-0.05, 0) is 42.8 Å². The zero-order valence-corrected chi connectivity index (χ0v) is 15.3. The normalized spacial score (nSPS) is 11.5. The number of hydrogen-bond acceptors (Lipinski definition) is 5. The largest absolute Gasteiger partial charge is 0.272 e. The van der Waals surface area contributed by atoms with E-state index in [2.05, 4.69) is 26.3 Å². The van der Waals surface area contributed by atoms with Crippen LogP contribution in [0.1, 0.15) is 17.1 Å². The number of aromatic nitrogens is 5. The number of aryl methyl sites for hydroxylation is 2. The average Bonchev–Trinajstić information content (AvgIpc) is 3.09. The van der Waals surface area contributed by atoms with Gasteiger partial charge in [-0.3, -0.25) is 14.5 Å². The van der Waals surface area contributed by atoms with Crippen molar-refractivity contribution < 1.29 is 0 Å². The van der Waals surface area contributed by atoms with Gasteiger partial charge in [0.15, 0.2) is 0 Å². The summed E-state index contributed by atoms with van der Waals surface area (Å²) in [6.07, 6.45) is 5.18. The zero-order valence-electron chi connectivity index (χ0n) is 15.3. The highest BCUT2D eigenvalue weighted by Crippen LogP contribution is 2.29. The molecule has 4 rings (SSSR count). The lowest BCUT2D eigenvalue weighted by molar-refractivity contribution is 0.760. The smallest absolute Gasteiger partial charge is 0.268 e. The summed E-state index contributed by atoms with van der Waals surface area (Å²) in [5.74, 6) is 0. The maximum absolute atomic E-state index is 12.0. The number of fused-ring (bicyclic) bond motifs is 1. The summed E-state index contributed by atoms with van der Waals surface area (Å²) in [7, 11) is 1.82. The first-order valence-corrected chi connectivity index (χ1v) is 8.63. The molecule has 0 fully saturated rings. The minimum absolute atomic E-state index is 0.222. The van der Waals surface area contributed by atoms with Crippen LogP contribution in [0.15, 0.2) is 53.6 Å². The molecule has 0 saturated heterocycles. The van der Waals surface area contributed by atoms with Gasteiger partial charge in [0.05, 0.1) is 34.2 Å². The van der Waals surface area contributed by atoms with Crippen molar-refractivity contribution in [2.24, 2.45) is 7.05 Å². The van der Waals surface area contributed by atoms with Crippen molar-refractivity contribution in [3.05, 3.63) is 76.2 Å². The lowest BCUT2D eigenvalue weighted by Crippen LogP contribution is -2.09. The Bertz CT molecular complexity index is 1310. The molecule has 0 spiro atoms. The fraction of sp³-hybridized carbons (Fsp3) is 0.0952. The number of nitriles is 1. The Labute approximate surface area is 160 Å². The van der Waals surface area contributed by atoms with Crippen molar-refractivity contribution in [1.29, 1.82) is 5.26 Å². The molecule has 0 aliphatic carbocycles. The van der Waals surface area contributed by atoms with Crippen LogP contribution < -0.4 is 5.56 Å². The van der Waals surface area contributed by atoms with E-state index in [4.69, 9.17) is 0 Å². The highest BCUT2D eigenvalue weighted by molar-refractivity contribution is 5.93. The van der Waals surface area contributed by atoms with E-state index in [0.717, 1.165) is 27.9 Å². The molecule has 3 heterocycles. The first kappa shape index (κ1) is 17.4. The molecule has 7 heteroatoms. The molecule has 7 nitrogen and oxygen atoms in total. The summed E-state index contributed by atoms with van der Waals surface area (Å²) in [5.41, 5.74) is 4.08.